The molecule has 0 radical (unpaired) electrons. The van der Waals surface area contributed by atoms with E-state index < -0.39 is 36.3 Å². The molecule has 1 aliphatic heterocycles. The predicted octanol–water partition coefficient (Wildman–Crippen LogP) is -0.105. The number of hydrogen-bond donors (Lipinski definition) is 1. The van der Waals surface area contributed by atoms with Crippen LogP contribution in [0.15, 0.2) is 0 Å². The fourth-order valence-electron chi connectivity index (χ4n) is 2.29. The Labute approximate surface area is 113 Å². The van der Waals surface area contributed by atoms with Crippen LogP contribution in [0.5, 0.6) is 0 Å². The second kappa shape index (κ2) is 5.37. The van der Waals surface area contributed by atoms with Crippen LogP contribution in [0.4, 0.5) is 0 Å². The van der Waals surface area contributed by atoms with Crippen molar-refractivity contribution in [1.29, 1.82) is 0 Å². The predicted molar refractivity (Wildman–Crippen MR) is 69.8 cm³/mol. The van der Waals surface area contributed by atoms with E-state index in [9.17, 15) is 26.7 Å². The van der Waals surface area contributed by atoms with Gasteiger partial charge in [0.1, 0.15) is 0 Å². The van der Waals surface area contributed by atoms with E-state index in [1.807, 2.05) is 0 Å². The molecular weight excluding hydrogens is 294 g/mol. The van der Waals surface area contributed by atoms with Crippen molar-refractivity contribution in [3.05, 3.63) is 0 Å². The molecule has 112 valence electrons. The van der Waals surface area contributed by atoms with Crippen LogP contribution in [0.3, 0.4) is 0 Å². The third kappa shape index (κ3) is 3.90. The summed E-state index contributed by atoms with van der Waals surface area (Å²) in [5.41, 5.74) is -1.11. The van der Waals surface area contributed by atoms with E-state index in [2.05, 4.69) is 0 Å². The second-order valence-electron chi connectivity index (χ2n) is 5.03. The first-order valence-corrected chi connectivity index (χ1v) is 9.58. The summed E-state index contributed by atoms with van der Waals surface area (Å²) in [6.07, 6.45) is 1.98. The lowest BCUT2D eigenvalue weighted by Crippen LogP contribution is -2.50. The minimum atomic E-state index is -3.97. The van der Waals surface area contributed by atoms with Gasteiger partial charge in [-0.05, 0) is 19.3 Å². The number of sulfone groups is 1. The molecule has 0 aliphatic carbocycles. The zero-order chi connectivity index (χ0) is 14.9. The smallest absolute Gasteiger partial charge is 0.310 e. The van der Waals surface area contributed by atoms with E-state index in [-0.39, 0.29) is 13.1 Å². The quantitative estimate of drug-likeness (QED) is 0.759. The van der Waals surface area contributed by atoms with Crippen molar-refractivity contribution < 1.29 is 26.7 Å². The summed E-state index contributed by atoms with van der Waals surface area (Å²) < 4.78 is 47.2. The van der Waals surface area contributed by atoms with Gasteiger partial charge in [-0.25, -0.2) is 16.8 Å². The summed E-state index contributed by atoms with van der Waals surface area (Å²) in [4.78, 5) is 11.3. The second-order valence-corrected chi connectivity index (χ2v) is 9.51. The van der Waals surface area contributed by atoms with Gasteiger partial charge in [0.2, 0.25) is 10.0 Å². The van der Waals surface area contributed by atoms with E-state index in [1.165, 1.54) is 0 Å². The van der Waals surface area contributed by atoms with Crippen LogP contribution in [0.1, 0.15) is 26.2 Å². The maximum atomic E-state index is 12.0. The fourth-order valence-corrected chi connectivity index (χ4v) is 5.90. The number of hydrogen-bond acceptors (Lipinski definition) is 5. The lowest BCUT2D eigenvalue weighted by molar-refractivity contribution is -0.151. The number of piperidine rings is 1. The summed E-state index contributed by atoms with van der Waals surface area (Å²) in [6.45, 7) is 1.71. The normalized spacial score (nSPS) is 26.2. The molecule has 0 aromatic heterocycles. The van der Waals surface area contributed by atoms with Crippen molar-refractivity contribution in [2.75, 3.05) is 24.4 Å². The first-order chi connectivity index (χ1) is 8.52. The van der Waals surface area contributed by atoms with Crippen LogP contribution in [0, 0.1) is 5.41 Å². The zero-order valence-electron chi connectivity index (χ0n) is 11.0. The maximum absolute atomic E-state index is 12.0. The molecule has 0 saturated carbocycles. The number of aliphatic carboxylic acids is 1. The van der Waals surface area contributed by atoms with Gasteiger partial charge in [-0.1, -0.05) is 6.92 Å². The maximum Gasteiger partial charge on any atom is 0.310 e. The summed E-state index contributed by atoms with van der Waals surface area (Å²) in [5.74, 6) is -1.03. The first-order valence-electron chi connectivity index (χ1n) is 5.91. The van der Waals surface area contributed by atoms with Crippen molar-refractivity contribution >= 4 is 25.8 Å². The van der Waals surface area contributed by atoms with Gasteiger partial charge in [-0.3, -0.25) is 4.79 Å². The van der Waals surface area contributed by atoms with Gasteiger partial charge < -0.3 is 5.11 Å². The molecule has 1 rings (SSSR count). The largest absolute Gasteiger partial charge is 0.481 e. The highest BCUT2D eigenvalue weighted by Gasteiger charge is 2.44. The minimum Gasteiger partial charge on any atom is -0.481 e. The Kier molecular flexibility index (Phi) is 4.63. The molecule has 7 nitrogen and oxygen atoms in total. The molecule has 1 aliphatic rings. The monoisotopic (exact) mass is 313 g/mol. The minimum absolute atomic E-state index is 0.156. The number of carboxylic acid groups (broad SMARTS) is 1. The molecule has 0 aromatic carbocycles. The van der Waals surface area contributed by atoms with Crippen LogP contribution < -0.4 is 0 Å². The Morgan fingerprint density at radius 2 is 1.89 bits per heavy atom. The van der Waals surface area contributed by atoms with Crippen molar-refractivity contribution in [2.45, 2.75) is 26.2 Å². The zero-order valence-corrected chi connectivity index (χ0v) is 12.6. The molecule has 19 heavy (non-hydrogen) atoms. The van der Waals surface area contributed by atoms with Gasteiger partial charge in [-0.15, -0.1) is 0 Å². The van der Waals surface area contributed by atoms with Crippen LogP contribution in [0.25, 0.3) is 0 Å². The molecule has 1 atom stereocenters. The first kappa shape index (κ1) is 16.4. The molecule has 1 heterocycles. The van der Waals surface area contributed by atoms with E-state index in [1.54, 1.807) is 6.92 Å². The number of carboxylic acids is 1. The Bertz CT molecular complexity index is 553. The highest BCUT2D eigenvalue weighted by atomic mass is 32.3. The van der Waals surface area contributed by atoms with Crippen LogP contribution in [-0.2, 0) is 24.7 Å². The van der Waals surface area contributed by atoms with Crippen molar-refractivity contribution in [2.24, 2.45) is 5.41 Å². The van der Waals surface area contributed by atoms with Crippen LogP contribution in [-0.4, -0.2) is 56.6 Å². The highest BCUT2D eigenvalue weighted by molar-refractivity contribution is 8.06. The fraction of sp³-hybridized carbons (Fsp3) is 0.900. The van der Waals surface area contributed by atoms with Crippen LogP contribution in [0.2, 0.25) is 0 Å². The molecule has 9 heteroatoms. The Morgan fingerprint density at radius 3 is 2.32 bits per heavy atom. The highest BCUT2D eigenvalue weighted by Crippen LogP contribution is 2.34. The Balaban J connectivity index is 3.00. The summed E-state index contributed by atoms with van der Waals surface area (Å²) >= 11 is 0. The third-order valence-electron chi connectivity index (χ3n) is 3.43. The average molecular weight is 313 g/mol. The lowest BCUT2D eigenvalue weighted by Gasteiger charge is -2.38. The number of nitrogens with zero attached hydrogens (tertiary/aromatic N) is 1. The molecule has 1 fully saturated rings. The molecule has 0 amide bonds. The molecule has 0 aromatic rings. The number of sulfonamides is 1. The summed E-state index contributed by atoms with van der Waals surface area (Å²) in [6, 6.07) is 0. The Hall–Kier alpha value is -0.670. The van der Waals surface area contributed by atoms with Gasteiger partial charge in [0.15, 0.2) is 14.9 Å². The average Bonchev–Trinajstić information content (AvgIpc) is 2.25. The molecule has 0 spiro atoms. The van der Waals surface area contributed by atoms with Crippen molar-refractivity contribution in [1.82, 2.24) is 4.31 Å². The topological polar surface area (TPSA) is 109 Å². The van der Waals surface area contributed by atoms with Gasteiger partial charge in [0.25, 0.3) is 0 Å². The number of carbonyl (C=O) groups is 1. The van der Waals surface area contributed by atoms with E-state index in [0.29, 0.717) is 19.3 Å². The van der Waals surface area contributed by atoms with E-state index in [4.69, 9.17) is 0 Å². The molecule has 1 unspecified atom stereocenters. The lowest BCUT2D eigenvalue weighted by atomic mass is 9.78. The molecule has 1 N–H and O–H groups in total. The molecular formula is C10H19NO6S2. The third-order valence-corrected chi connectivity index (χ3v) is 7.43. The number of rotatable bonds is 5. The summed E-state index contributed by atoms with van der Waals surface area (Å²) in [5, 5.41) is 8.29. The molecule has 1 saturated heterocycles. The SMILES string of the molecule is CCC1(C(=O)O)CCCN(S(=O)(=O)CS(C)(=O)=O)C1. The molecule has 0 bridgehead atoms. The van der Waals surface area contributed by atoms with Gasteiger partial charge in [0, 0.05) is 19.3 Å². The van der Waals surface area contributed by atoms with Gasteiger partial charge in [0.05, 0.1) is 5.41 Å². The Morgan fingerprint density at radius 1 is 1.32 bits per heavy atom. The van der Waals surface area contributed by atoms with E-state index >= 15 is 0 Å². The summed E-state index contributed by atoms with van der Waals surface area (Å²) in [7, 11) is -7.65. The van der Waals surface area contributed by atoms with Crippen molar-refractivity contribution in [3.63, 3.8) is 0 Å². The standard InChI is InChI=1S/C10H19NO6S2/c1-3-10(9(12)13)5-4-6-11(7-10)19(16,17)8-18(2,14)15/h3-8H2,1-2H3,(H,12,13). The van der Waals surface area contributed by atoms with Crippen LogP contribution >= 0.6 is 0 Å². The van der Waals surface area contributed by atoms with Gasteiger partial charge in [-0.2, -0.15) is 4.31 Å². The van der Waals surface area contributed by atoms with Gasteiger partial charge >= 0.3 is 5.97 Å². The van der Waals surface area contributed by atoms with Crippen molar-refractivity contribution in [3.8, 4) is 0 Å². The van der Waals surface area contributed by atoms with E-state index in [0.717, 1.165) is 10.6 Å².